The van der Waals surface area contributed by atoms with Crippen molar-refractivity contribution in [2.75, 3.05) is 24.2 Å². The maximum absolute atomic E-state index is 12.1. The van der Waals surface area contributed by atoms with E-state index in [1.165, 1.54) is 11.4 Å². The summed E-state index contributed by atoms with van der Waals surface area (Å²) in [7, 11) is -1.84. The van der Waals surface area contributed by atoms with Gasteiger partial charge in [0.15, 0.2) is 6.61 Å². The molecular formula is C18H21BrN2O4S. The highest BCUT2D eigenvalue weighted by atomic mass is 79.9. The highest BCUT2D eigenvalue weighted by Gasteiger charge is 2.13. The van der Waals surface area contributed by atoms with Crippen LogP contribution in [0, 0.1) is 0 Å². The summed E-state index contributed by atoms with van der Waals surface area (Å²) in [4.78, 5) is 12.1. The fourth-order valence-electron chi connectivity index (χ4n) is 2.24. The number of carbonyl (C=O) groups excluding carboxylic acids is 1. The Kier molecular flexibility index (Phi) is 6.66. The third-order valence-corrected chi connectivity index (χ3v) is 5.49. The maximum atomic E-state index is 12.1. The van der Waals surface area contributed by atoms with Gasteiger partial charge < -0.3 is 10.1 Å². The van der Waals surface area contributed by atoms with E-state index in [2.05, 4.69) is 21.2 Å². The Bertz CT molecular complexity index is 869. The molecule has 2 aromatic rings. The third-order valence-electron chi connectivity index (χ3n) is 3.79. The van der Waals surface area contributed by atoms with Crippen LogP contribution in [0.3, 0.4) is 0 Å². The number of amides is 1. The molecule has 2 aromatic carbocycles. The Morgan fingerprint density at radius 1 is 1.23 bits per heavy atom. The second-order valence-corrected chi connectivity index (χ2v) is 8.79. The molecule has 0 bridgehead atoms. The molecule has 8 heteroatoms. The van der Waals surface area contributed by atoms with E-state index in [0.717, 1.165) is 16.3 Å². The van der Waals surface area contributed by atoms with Gasteiger partial charge in [-0.25, -0.2) is 8.42 Å². The zero-order chi connectivity index (χ0) is 19.3. The van der Waals surface area contributed by atoms with Gasteiger partial charge in [-0.1, -0.05) is 28.1 Å². The van der Waals surface area contributed by atoms with Crippen molar-refractivity contribution in [1.82, 2.24) is 5.32 Å². The van der Waals surface area contributed by atoms with Gasteiger partial charge in [0.05, 0.1) is 18.0 Å². The van der Waals surface area contributed by atoms with E-state index in [4.69, 9.17) is 4.74 Å². The molecule has 0 spiro atoms. The minimum atomic E-state index is -3.31. The van der Waals surface area contributed by atoms with E-state index in [1.807, 2.05) is 31.2 Å². The molecule has 1 amide bonds. The molecule has 1 N–H and O–H groups in total. The Morgan fingerprint density at radius 3 is 2.46 bits per heavy atom. The van der Waals surface area contributed by atoms with Crippen molar-refractivity contribution in [1.29, 1.82) is 0 Å². The Hall–Kier alpha value is -2.06. The van der Waals surface area contributed by atoms with Gasteiger partial charge in [-0.3, -0.25) is 9.10 Å². The average molecular weight is 441 g/mol. The summed E-state index contributed by atoms with van der Waals surface area (Å²) >= 11 is 3.41. The van der Waals surface area contributed by atoms with E-state index in [9.17, 15) is 13.2 Å². The molecule has 0 aliphatic carbocycles. The zero-order valence-electron chi connectivity index (χ0n) is 14.8. The number of hydrogen-bond donors (Lipinski definition) is 1. The molecule has 140 valence electrons. The molecule has 0 fully saturated rings. The summed E-state index contributed by atoms with van der Waals surface area (Å²) in [6.07, 6.45) is 1.13. The number of sulfonamides is 1. The smallest absolute Gasteiger partial charge is 0.258 e. The first-order chi connectivity index (χ1) is 12.2. The molecule has 0 aromatic heterocycles. The Balaban J connectivity index is 1.89. The molecule has 0 saturated carbocycles. The molecule has 0 aliphatic heterocycles. The lowest BCUT2D eigenvalue weighted by Crippen LogP contribution is -2.31. The van der Waals surface area contributed by atoms with Gasteiger partial charge in [0.25, 0.3) is 5.91 Å². The number of ether oxygens (including phenoxy) is 1. The average Bonchev–Trinajstić information content (AvgIpc) is 2.59. The van der Waals surface area contributed by atoms with Gasteiger partial charge in [0.2, 0.25) is 10.0 Å². The fraction of sp³-hybridized carbons (Fsp3) is 0.278. The largest absolute Gasteiger partial charge is 0.484 e. The molecule has 0 unspecified atom stereocenters. The minimum absolute atomic E-state index is 0.125. The second kappa shape index (κ2) is 8.55. The summed E-state index contributed by atoms with van der Waals surface area (Å²) in [5.74, 6) is 0.246. The second-order valence-electron chi connectivity index (χ2n) is 5.86. The van der Waals surface area contributed by atoms with E-state index in [0.29, 0.717) is 11.4 Å². The van der Waals surface area contributed by atoms with Crippen LogP contribution in [0.5, 0.6) is 5.75 Å². The quantitative estimate of drug-likeness (QED) is 0.717. The van der Waals surface area contributed by atoms with Gasteiger partial charge in [-0.2, -0.15) is 0 Å². The molecule has 26 heavy (non-hydrogen) atoms. The van der Waals surface area contributed by atoms with Crippen molar-refractivity contribution in [3.63, 3.8) is 0 Å². The summed E-state index contributed by atoms with van der Waals surface area (Å²) in [5.41, 5.74) is 1.51. The molecule has 1 atom stereocenters. The lowest BCUT2D eigenvalue weighted by Gasteiger charge is -2.17. The summed E-state index contributed by atoms with van der Waals surface area (Å²) < 4.78 is 30.6. The predicted octanol–water partition coefficient (Wildman–Crippen LogP) is 3.10. The lowest BCUT2D eigenvalue weighted by molar-refractivity contribution is -0.123. The van der Waals surface area contributed by atoms with Gasteiger partial charge in [0.1, 0.15) is 5.75 Å². The highest BCUT2D eigenvalue weighted by Crippen LogP contribution is 2.20. The first-order valence-electron chi connectivity index (χ1n) is 7.88. The monoisotopic (exact) mass is 440 g/mol. The van der Waals surface area contributed by atoms with Crippen LogP contribution < -0.4 is 14.4 Å². The molecular weight excluding hydrogens is 420 g/mol. The van der Waals surface area contributed by atoms with Crippen molar-refractivity contribution < 1.29 is 17.9 Å². The van der Waals surface area contributed by atoms with Gasteiger partial charge in [-0.05, 0) is 48.9 Å². The summed E-state index contributed by atoms with van der Waals surface area (Å²) in [5, 5.41) is 2.87. The molecule has 0 radical (unpaired) electrons. The number of rotatable bonds is 7. The fourth-order valence-corrected chi connectivity index (χ4v) is 3.16. The number of nitrogens with one attached hydrogen (secondary N) is 1. The predicted molar refractivity (Wildman–Crippen MR) is 106 cm³/mol. The number of benzene rings is 2. The summed E-state index contributed by atoms with van der Waals surface area (Å²) in [6.45, 7) is 1.77. The molecule has 0 aliphatic rings. The highest BCUT2D eigenvalue weighted by molar-refractivity contribution is 9.10. The van der Waals surface area contributed by atoms with Crippen LogP contribution >= 0.6 is 15.9 Å². The van der Waals surface area contributed by atoms with Crippen molar-refractivity contribution in [3.05, 3.63) is 58.6 Å². The van der Waals surface area contributed by atoms with Crippen molar-refractivity contribution in [3.8, 4) is 5.75 Å². The van der Waals surface area contributed by atoms with Crippen LogP contribution in [0.1, 0.15) is 18.5 Å². The van der Waals surface area contributed by atoms with Gasteiger partial charge >= 0.3 is 0 Å². The first-order valence-corrected chi connectivity index (χ1v) is 10.5. The zero-order valence-corrected chi connectivity index (χ0v) is 17.2. The number of hydrogen-bond acceptors (Lipinski definition) is 4. The normalized spacial score (nSPS) is 12.3. The van der Waals surface area contributed by atoms with Crippen LogP contribution in [-0.2, 0) is 14.8 Å². The van der Waals surface area contributed by atoms with Gasteiger partial charge in [-0.15, -0.1) is 0 Å². The molecule has 2 rings (SSSR count). The standard InChI is InChI=1S/C18H21BrN2O4S/c1-13(14-5-4-6-15(19)11-14)20-18(22)12-25-17-9-7-16(8-10-17)21(2)26(3,23)24/h4-11,13H,12H2,1-3H3,(H,20,22)/t13-/m1/s1. The Labute approximate surface area is 162 Å². The van der Waals surface area contributed by atoms with Crippen LogP contribution in [0.2, 0.25) is 0 Å². The van der Waals surface area contributed by atoms with Crippen LogP contribution in [0.25, 0.3) is 0 Å². The lowest BCUT2D eigenvalue weighted by atomic mass is 10.1. The van der Waals surface area contributed by atoms with Crippen molar-refractivity contribution >= 4 is 37.5 Å². The summed E-state index contributed by atoms with van der Waals surface area (Å²) in [6, 6.07) is 14.1. The third kappa shape index (κ3) is 5.74. The number of nitrogens with zero attached hydrogens (tertiary/aromatic N) is 1. The number of halogens is 1. The Morgan fingerprint density at radius 2 is 1.88 bits per heavy atom. The van der Waals surface area contributed by atoms with Crippen molar-refractivity contribution in [2.45, 2.75) is 13.0 Å². The topological polar surface area (TPSA) is 75.7 Å². The molecule has 0 saturated heterocycles. The van der Waals surface area contributed by atoms with Crippen LogP contribution in [-0.4, -0.2) is 34.2 Å². The van der Waals surface area contributed by atoms with Gasteiger partial charge in [0, 0.05) is 11.5 Å². The van der Waals surface area contributed by atoms with E-state index in [-0.39, 0.29) is 18.6 Å². The van der Waals surface area contributed by atoms with Crippen molar-refractivity contribution in [2.24, 2.45) is 0 Å². The maximum Gasteiger partial charge on any atom is 0.258 e. The number of carbonyl (C=O) groups is 1. The SMILES string of the molecule is C[C@@H](NC(=O)COc1ccc(N(C)S(C)(=O)=O)cc1)c1cccc(Br)c1. The minimum Gasteiger partial charge on any atom is -0.484 e. The van der Waals surface area contributed by atoms with E-state index in [1.54, 1.807) is 24.3 Å². The molecule has 6 nitrogen and oxygen atoms in total. The van der Waals surface area contributed by atoms with E-state index >= 15 is 0 Å². The number of anilines is 1. The van der Waals surface area contributed by atoms with Crippen LogP contribution in [0.4, 0.5) is 5.69 Å². The molecule has 0 heterocycles. The first kappa shape index (κ1) is 20.3. The van der Waals surface area contributed by atoms with Crippen LogP contribution in [0.15, 0.2) is 53.0 Å². The van der Waals surface area contributed by atoms with E-state index < -0.39 is 10.0 Å².